The molecule has 1 N–H and O–H groups in total. The maximum atomic E-state index is 10.7. The van der Waals surface area contributed by atoms with E-state index in [-0.39, 0.29) is 0 Å². The number of ether oxygens (including phenoxy) is 2. The van der Waals surface area contributed by atoms with Crippen LogP contribution in [-0.2, 0) is 11.3 Å². The number of hydrogen-bond donors (Lipinski definition) is 1. The van der Waals surface area contributed by atoms with Gasteiger partial charge in [0.2, 0.25) is 0 Å². The molecule has 2 atom stereocenters. The fourth-order valence-corrected chi connectivity index (χ4v) is 2.02. The van der Waals surface area contributed by atoms with Gasteiger partial charge in [-0.15, -0.1) is 0 Å². The van der Waals surface area contributed by atoms with E-state index in [1.807, 2.05) is 27.9 Å². The Morgan fingerprint density at radius 2 is 2.10 bits per heavy atom. The number of aromatic nitrogens is 2. The molecule has 116 valence electrons. The van der Waals surface area contributed by atoms with Crippen molar-refractivity contribution in [2.45, 2.75) is 38.5 Å². The maximum Gasteiger partial charge on any atom is 0.162 e. The molecule has 6 heteroatoms. The summed E-state index contributed by atoms with van der Waals surface area (Å²) in [4.78, 5) is 2.07. The molecule has 0 aliphatic heterocycles. The van der Waals surface area contributed by atoms with E-state index in [0.29, 0.717) is 24.4 Å². The molecule has 0 spiro atoms. The molecule has 0 aliphatic carbocycles. The van der Waals surface area contributed by atoms with Gasteiger partial charge < -0.3 is 19.5 Å². The highest BCUT2D eigenvalue weighted by Crippen LogP contribution is 2.36. The lowest BCUT2D eigenvalue weighted by Gasteiger charge is -2.32. The Bertz CT molecular complexity index is 414. The largest absolute Gasteiger partial charge is 0.493 e. The van der Waals surface area contributed by atoms with Crippen molar-refractivity contribution in [1.29, 1.82) is 0 Å². The highest BCUT2D eigenvalue weighted by Gasteiger charge is 2.36. The van der Waals surface area contributed by atoms with Crippen LogP contribution in [0.1, 0.15) is 32.1 Å². The summed E-state index contributed by atoms with van der Waals surface area (Å²) in [6.45, 7) is 5.40. The first kappa shape index (κ1) is 16.9. The molecule has 20 heavy (non-hydrogen) atoms. The highest BCUT2D eigenvalue weighted by atomic mass is 16.5. The van der Waals surface area contributed by atoms with Crippen LogP contribution >= 0.6 is 0 Å². The summed E-state index contributed by atoms with van der Waals surface area (Å²) in [6, 6.07) is 0. The lowest BCUT2D eigenvalue weighted by Crippen LogP contribution is -2.36. The third-order valence-corrected chi connectivity index (χ3v) is 3.83. The molecular formula is C14H27N3O3. The van der Waals surface area contributed by atoms with Crippen molar-refractivity contribution >= 4 is 0 Å². The van der Waals surface area contributed by atoms with Gasteiger partial charge in [-0.2, -0.15) is 5.10 Å². The van der Waals surface area contributed by atoms with Crippen molar-refractivity contribution in [2.75, 3.05) is 34.9 Å². The number of likely N-dealkylation sites (N-methyl/N-ethyl adjacent to an activating group) is 1. The molecule has 0 saturated heterocycles. The van der Waals surface area contributed by atoms with Crippen LogP contribution in [0.4, 0.5) is 0 Å². The van der Waals surface area contributed by atoms with E-state index in [1.54, 1.807) is 25.1 Å². The summed E-state index contributed by atoms with van der Waals surface area (Å²) in [5.74, 6) is 0.591. The third kappa shape index (κ3) is 3.50. The van der Waals surface area contributed by atoms with Gasteiger partial charge in [-0.3, -0.25) is 4.68 Å². The van der Waals surface area contributed by atoms with Crippen LogP contribution in [-0.4, -0.2) is 60.2 Å². The summed E-state index contributed by atoms with van der Waals surface area (Å²) < 4.78 is 12.6. The summed E-state index contributed by atoms with van der Waals surface area (Å²) in [5.41, 5.74) is 0.00366. The second-order valence-corrected chi connectivity index (χ2v) is 5.40. The lowest BCUT2D eigenvalue weighted by atomic mass is 9.93. The molecule has 1 rings (SSSR count). The molecule has 2 unspecified atom stereocenters. The van der Waals surface area contributed by atoms with E-state index in [9.17, 15) is 5.11 Å². The number of methoxy groups -OCH3 is 2. The number of nitrogens with zero attached hydrogens (tertiary/aromatic N) is 3. The van der Waals surface area contributed by atoms with Gasteiger partial charge in [0.25, 0.3) is 0 Å². The van der Waals surface area contributed by atoms with E-state index in [1.165, 1.54) is 0 Å². The first-order valence-corrected chi connectivity index (χ1v) is 6.87. The van der Waals surface area contributed by atoms with Crippen molar-refractivity contribution in [2.24, 2.45) is 0 Å². The first-order valence-electron chi connectivity index (χ1n) is 6.87. The van der Waals surface area contributed by atoms with Crippen molar-refractivity contribution in [3.8, 4) is 5.75 Å². The van der Waals surface area contributed by atoms with Gasteiger partial charge in [-0.1, -0.05) is 6.92 Å². The minimum absolute atomic E-state index is 0.591. The van der Waals surface area contributed by atoms with Gasteiger partial charge in [0.05, 0.1) is 25.5 Å². The second-order valence-electron chi connectivity index (χ2n) is 5.40. The quantitative estimate of drug-likeness (QED) is 0.780. The van der Waals surface area contributed by atoms with Crippen LogP contribution in [0.5, 0.6) is 5.75 Å². The van der Waals surface area contributed by atoms with Crippen LogP contribution < -0.4 is 4.74 Å². The predicted molar refractivity (Wildman–Crippen MR) is 78.0 cm³/mol. The number of aliphatic hydroxyl groups excluding tert-OH is 1. The molecular weight excluding hydrogens is 258 g/mol. The van der Waals surface area contributed by atoms with Gasteiger partial charge in [0.15, 0.2) is 5.75 Å². The smallest absolute Gasteiger partial charge is 0.162 e. The Balaban J connectivity index is 3.10. The molecule has 6 nitrogen and oxygen atoms in total. The first-order chi connectivity index (χ1) is 9.39. The fraction of sp³-hybridized carbons (Fsp3) is 0.786. The zero-order valence-corrected chi connectivity index (χ0v) is 13.4. The van der Waals surface area contributed by atoms with Crippen molar-refractivity contribution in [1.82, 2.24) is 14.7 Å². The second kappa shape index (κ2) is 7.06. The summed E-state index contributed by atoms with van der Waals surface area (Å²) in [5, 5.41) is 15.0. The van der Waals surface area contributed by atoms with Crippen LogP contribution in [0.25, 0.3) is 0 Å². The molecule has 1 heterocycles. The molecule has 0 radical (unpaired) electrons. The molecule has 1 aromatic heterocycles. The molecule has 0 fully saturated rings. The molecule has 0 saturated carbocycles. The van der Waals surface area contributed by atoms with Gasteiger partial charge >= 0.3 is 0 Å². The average molecular weight is 285 g/mol. The number of rotatable bonds is 8. The Labute approximate surface area is 121 Å². The van der Waals surface area contributed by atoms with Crippen LogP contribution in [0.2, 0.25) is 0 Å². The Hall–Kier alpha value is -1.11. The summed E-state index contributed by atoms with van der Waals surface area (Å²) in [7, 11) is 7.20. The maximum absolute atomic E-state index is 10.7. The minimum Gasteiger partial charge on any atom is -0.493 e. The average Bonchev–Trinajstić information content (AvgIpc) is 2.86. The molecule has 0 amide bonds. The third-order valence-electron chi connectivity index (χ3n) is 3.83. The molecule has 1 aromatic rings. The van der Waals surface area contributed by atoms with Gasteiger partial charge in [0.1, 0.15) is 11.8 Å². The van der Waals surface area contributed by atoms with Crippen molar-refractivity contribution in [3.05, 3.63) is 11.9 Å². The Morgan fingerprint density at radius 3 is 2.55 bits per heavy atom. The van der Waals surface area contributed by atoms with Gasteiger partial charge in [-0.25, -0.2) is 0 Å². The number of aliphatic hydroxyl groups is 1. The van der Waals surface area contributed by atoms with Crippen LogP contribution in [0, 0.1) is 0 Å². The zero-order chi connectivity index (χ0) is 15.3. The molecule has 0 aromatic carbocycles. The molecule has 0 bridgehead atoms. The monoisotopic (exact) mass is 285 g/mol. The summed E-state index contributed by atoms with van der Waals surface area (Å²) in [6.07, 6.45) is 1.53. The fourth-order valence-electron chi connectivity index (χ4n) is 2.02. The highest BCUT2D eigenvalue weighted by molar-refractivity contribution is 5.29. The van der Waals surface area contributed by atoms with E-state index in [4.69, 9.17) is 9.47 Å². The lowest BCUT2D eigenvalue weighted by molar-refractivity contribution is -0.0982. The van der Waals surface area contributed by atoms with Gasteiger partial charge in [-0.05, 0) is 27.4 Å². The van der Waals surface area contributed by atoms with Gasteiger partial charge in [0, 0.05) is 13.7 Å². The number of hydrogen-bond acceptors (Lipinski definition) is 5. The SMILES string of the molecule is CCC(C)(OC)C(O)c1c(OC)cnn1CCN(C)C. The Morgan fingerprint density at radius 1 is 1.45 bits per heavy atom. The zero-order valence-electron chi connectivity index (χ0n) is 13.4. The standard InChI is InChI=1S/C14H27N3O3/c1-7-14(2,20-6)13(18)12-11(19-5)10-15-17(12)9-8-16(3)4/h10,13,18H,7-9H2,1-6H3. The predicted octanol–water partition coefficient (Wildman–Crippen LogP) is 1.30. The minimum atomic E-state index is -0.794. The molecule has 0 aliphatic rings. The van der Waals surface area contributed by atoms with Crippen molar-refractivity contribution in [3.63, 3.8) is 0 Å². The van der Waals surface area contributed by atoms with Crippen molar-refractivity contribution < 1.29 is 14.6 Å². The van der Waals surface area contributed by atoms with Crippen LogP contribution in [0.15, 0.2) is 6.20 Å². The Kier molecular flexibility index (Phi) is 5.98. The van der Waals surface area contributed by atoms with E-state index < -0.39 is 11.7 Å². The van der Waals surface area contributed by atoms with Crippen LogP contribution in [0.3, 0.4) is 0 Å². The van der Waals surface area contributed by atoms with E-state index >= 15 is 0 Å². The van der Waals surface area contributed by atoms with E-state index in [2.05, 4.69) is 10.00 Å². The topological polar surface area (TPSA) is 59.8 Å². The van der Waals surface area contributed by atoms with E-state index in [0.717, 1.165) is 6.54 Å². The normalized spacial score (nSPS) is 16.2. The summed E-state index contributed by atoms with van der Waals surface area (Å²) >= 11 is 0.